The normalized spacial score (nSPS) is 16.2. The molecule has 0 bridgehead atoms. The van der Waals surface area contributed by atoms with E-state index in [2.05, 4.69) is 9.97 Å². The molecule has 1 aliphatic heterocycles. The molecule has 1 aromatic carbocycles. The van der Waals surface area contributed by atoms with E-state index in [1.807, 2.05) is 42.3 Å². The topological polar surface area (TPSA) is 75.3 Å². The van der Waals surface area contributed by atoms with Gasteiger partial charge in [-0.2, -0.15) is 0 Å². The fraction of sp³-hybridized carbons (Fsp3) is 0.316. The lowest BCUT2D eigenvalue weighted by atomic mass is 10.0. The highest BCUT2D eigenvalue weighted by atomic mass is 16.5. The number of carbonyl (C=O) groups excluding carboxylic acids is 1. The van der Waals surface area contributed by atoms with Gasteiger partial charge in [-0.15, -0.1) is 0 Å². The number of nitrogens with zero attached hydrogens (tertiary/aromatic N) is 2. The average Bonchev–Trinajstić information content (AvgIpc) is 2.60. The highest BCUT2D eigenvalue weighted by Gasteiger charge is 2.21. The first-order valence-corrected chi connectivity index (χ1v) is 8.34. The molecule has 0 atom stereocenters. The number of fused-ring (bicyclic) bond motifs is 1. The quantitative estimate of drug-likeness (QED) is 0.865. The third-order valence-electron chi connectivity index (χ3n) is 4.13. The molecule has 0 radical (unpaired) electrons. The molecule has 25 heavy (non-hydrogen) atoms. The van der Waals surface area contributed by atoms with Gasteiger partial charge in [-0.3, -0.25) is 4.79 Å². The molecule has 0 spiro atoms. The molecule has 1 aliphatic rings. The standard InChI is InChI=1S/C19H21N3O3/c1-3-25-19(24)14-11-15-16(9-10-22(2)12-14)20-17(21-18(15)23)13-7-5-4-6-8-13/h4-8,12H,3,9-11H2,1-2H3,(H,20,21,23)/b14-12+. The van der Waals surface area contributed by atoms with Gasteiger partial charge in [0.1, 0.15) is 5.82 Å². The monoisotopic (exact) mass is 339 g/mol. The van der Waals surface area contributed by atoms with Crippen LogP contribution < -0.4 is 5.56 Å². The number of aromatic amines is 1. The second kappa shape index (κ2) is 7.34. The Bertz CT molecular complexity index is 856. The molecule has 3 rings (SSSR count). The lowest BCUT2D eigenvalue weighted by Crippen LogP contribution is -2.28. The third-order valence-corrected chi connectivity index (χ3v) is 4.13. The van der Waals surface area contributed by atoms with E-state index in [4.69, 9.17) is 4.74 Å². The maximum atomic E-state index is 12.6. The van der Waals surface area contributed by atoms with Crippen molar-refractivity contribution < 1.29 is 9.53 Å². The summed E-state index contributed by atoms with van der Waals surface area (Å²) in [5, 5.41) is 0. The Balaban J connectivity index is 2.03. The van der Waals surface area contributed by atoms with Crippen molar-refractivity contribution in [2.75, 3.05) is 20.2 Å². The summed E-state index contributed by atoms with van der Waals surface area (Å²) in [6.45, 7) is 2.73. The summed E-state index contributed by atoms with van der Waals surface area (Å²) in [6, 6.07) is 9.54. The number of ether oxygens (including phenoxy) is 1. The number of nitrogens with one attached hydrogen (secondary N) is 1. The molecule has 6 heteroatoms. The highest BCUT2D eigenvalue weighted by molar-refractivity contribution is 5.89. The van der Waals surface area contributed by atoms with E-state index in [0.717, 1.165) is 11.3 Å². The van der Waals surface area contributed by atoms with Gasteiger partial charge in [0.15, 0.2) is 0 Å². The third kappa shape index (κ3) is 3.79. The zero-order valence-electron chi connectivity index (χ0n) is 14.4. The molecule has 0 unspecified atom stereocenters. The number of hydrogen-bond acceptors (Lipinski definition) is 5. The Morgan fingerprint density at radius 1 is 1.32 bits per heavy atom. The maximum Gasteiger partial charge on any atom is 0.335 e. The molecular weight excluding hydrogens is 318 g/mol. The van der Waals surface area contributed by atoms with Crippen molar-refractivity contribution in [3.63, 3.8) is 0 Å². The summed E-state index contributed by atoms with van der Waals surface area (Å²) in [7, 11) is 1.90. The first-order chi connectivity index (χ1) is 12.1. The number of benzene rings is 1. The first kappa shape index (κ1) is 17.0. The molecule has 1 N–H and O–H groups in total. The first-order valence-electron chi connectivity index (χ1n) is 8.34. The molecule has 0 aliphatic carbocycles. The Morgan fingerprint density at radius 2 is 2.08 bits per heavy atom. The largest absolute Gasteiger partial charge is 0.463 e. The van der Waals surface area contributed by atoms with E-state index in [1.54, 1.807) is 13.1 Å². The summed E-state index contributed by atoms with van der Waals surface area (Å²) in [5.74, 6) is 0.156. The van der Waals surface area contributed by atoms with Crippen LogP contribution >= 0.6 is 0 Å². The fourth-order valence-electron chi connectivity index (χ4n) is 2.86. The van der Waals surface area contributed by atoms with Gasteiger partial charge in [0.05, 0.1) is 17.9 Å². The van der Waals surface area contributed by atoms with Crippen molar-refractivity contribution >= 4 is 5.97 Å². The van der Waals surface area contributed by atoms with Crippen LogP contribution in [0, 0.1) is 0 Å². The Labute approximate surface area is 146 Å². The van der Waals surface area contributed by atoms with Gasteiger partial charge in [-0.05, 0) is 6.92 Å². The van der Waals surface area contributed by atoms with E-state index >= 15 is 0 Å². The fourth-order valence-corrected chi connectivity index (χ4v) is 2.86. The van der Waals surface area contributed by atoms with Crippen LogP contribution in [-0.4, -0.2) is 41.0 Å². The molecule has 0 saturated carbocycles. The van der Waals surface area contributed by atoms with E-state index in [9.17, 15) is 9.59 Å². The van der Waals surface area contributed by atoms with E-state index < -0.39 is 5.97 Å². The van der Waals surface area contributed by atoms with Gasteiger partial charge in [-0.1, -0.05) is 30.3 Å². The molecule has 0 saturated heterocycles. The lowest BCUT2D eigenvalue weighted by Gasteiger charge is -2.21. The summed E-state index contributed by atoms with van der Waals surface area (Å²) in [4.78, 5) is 34.2. The second-order valence-electron chi connectivity index (χ2n) is 5.99. The molecule has 0 fully saturated rings. The predicted octanol–water partition coefficient (Wildman–Crippen LogP) is 1.91. The van der Waals surface area contributed by atoms with Crippen LogP contribution in [0.15, 0.2) is 46.9 Å². The minimum absolute atomic E-state index is 0.205. The Kier molecular flexibility index (Phi) is 4.97. The van der Waals surface area contributed by atoms with Gasteiger partial charge in [-0.25, -0.2) is 9.78 Å². The van der Waals surface area contributed by atoms with E-state index in [0.29, 0.717) is 36.5 Å². The van der Waals surface area contributed by atoms with Crippen LogP contribution in [0.2, 0.25) is 0 Å². The van der Waals surface area contributed by atoms with E-state index in [1.165, 1.54) is 0 Å². The number of carbonyl (C=O) groups is 1. The van der Waals surface area contributed by atoms with Gasteiger partial charge >= 0.3 is 5.97 Å². The van der Waals surface area contributed by atoms with Crippen LogP contribution in [0.3, 0.4) is 0 Å². The molecule has 0 amide bonds. The second-order valence-corrected chi connectivity index (χ2v) is 5.99. The molecule has 1 aromatic heterocycles. The van der Waals surface area contributed by atoms with Gasteiger partial charge in [0.2, 0.25) is 0 Å². The van der Waals surface area contributed by atoms with Gasteiger partial charge < -0.3 is 14.6 Å². The minimum Gasteiger partial charge on any atom is -0.463 e. The maximum absolute atomic E-state index is 12.6. The van der Waals surface area contributed by atoms with Crippen molar-refractivity contribution in [3.8, 4) is 11.4 Å². The van der Waals surface area contributed by atoms with Crippen molar-refractivity contribution in [2.24, 2.45) is 0 Å². The molecular formula is C19H21N3O3. The summed E-state index contributed by atoms with van der Waals surface area (Å²) in [6.07, 6.45) is 2.61. The average molecular weight is 339 g/mol. The lowest BCUT2D eigenvalue weighted by molar-refractivity contribution is -0.138. The van der Waals surface area contributed by atoms with Crippen molar-refractivity contribution in [1.82, 2.24) is 14.9 Å². The summed E-state index contributed by atoms with van der Waals surface area (Å²) >= 11 is 0. The van der Waals surface area contributed by atoms with Crippen molar-refractivity contribution in [1.29, 1.82) is 0 Å². The van der Waals surface area contributed by atoms with Crippen LogP contribution in [0.4, 0.5) is 0 Å². The van der Waals surface area contributed by atoms with E-state index in [-0.39, 0.29) is 12.0 Å². The molecule has 130 valence electrons. The number of rotatable bonds is 3. The zero-order valence-corrected chi connectivity index (χ0v) is 14.4. The number of esters is 1. The van der Waals surface area contributed by atoms with Crippen LogP contribution in [0.1, 0.15) is 18.2 Å². The van der Waals surface area contributed by atoms with Gasteiger partial charge in [0.25, 0.3) is 5.56 Å². The summed E-state index contributed by atoms with van der Waals surface area (Å²) in [5.41, 5.74) is 2.38. The van der Waals surface area contributed by atoms with Crippen LogP contribution in [0.5, 0.6) is 0 Å². The van der Waals surface area contributed by atoms with Crippen LogP contribution in [-0.2, 0) is 22.4 Å². The smallest absolute Gasteiger partial charge is 0.335 e. The Morgan fingerprint density at radius 3 is 2.80 bits per heavy atom. The molecule has 2 aromatic rings. The van der Waals surface area contributed by atoms with Crippen molar-refractivity contribution in [3.05, 3.63) is 63.7 Å². The highest BCUT2D eigenvalue weighted by Crippen LogP contribution is 2.18. The number of H-pyrrole nitrogens is 1. The SMILES string of the molecule is CCOC(=O)/C1=C/N(C)CCc2nc(-c3ccccc3)[nH]c(=O)c2C1. The zero-order chi connectivity index (χ0) is 17.8. The Hall–Kier alpha value is -2.89. The summed E-state index contributed by atoms with van der Waals surface area (Å²) < 4.78 is 5.11. The van der Waals surface area contributed by atoms with Crippen LogP contribution in [0.25, 0.3) is 11.4 Å². The predicted molar refractivity (Wildman–Crippen MR) is 95.0 cm³/mol. The van der Waals surface area contributed by atoms with Crippen molar-refractivity contribution in [2.45, 2.75) is 19.8 Å². The number of aromatic nitrogens is 2. The minimum atomic E-state index is -0.395. The number of hydrogen-bond donors (Lipinski definition) is 1. The number of likely N-dealkylation sites (N-methyl/N-ethyl adjacent to an activating group) is 1. The molecule has 6 nitrogen and oxygen atoms in total. The molecule has 2 heterocycles. The van der Waals surface area contributed by atoms with Gasteiger partial charge in [0, 0.05) is 43.8 Å².